The normalized spacial score (nSPS) is 23.6. The van der Waals surface area contributed by atoms with Crippen LogP contribution in [0.15, 0.2) is 12.3 Å². The third-order valence-electron chi connectivity index (χ3n) is 6.19. The lowest BCUT2D eigenvalue weighted by molar-refractivity contribution is 0.0631. The van der Waals surface area contributed by atoms with Crippen LogP contribution in [0.4, 0.5) is 0 Å². The molecule has 2 fully saturated rings. The molecule has 2 atom stereocenters. The lowest BCUT2D eigenvalue weighted by Gasteiger charge is -2.36. The molecule has 140 valence electrons. The van der Waals surface area contributed by atoms with E-state index in [1.54, 1.807) is 0 Å². The molecule has 2 unspecified atom stereocenters. The fourth-order valence-corrected chi connectivity index (χ4v) is 4.39. The second-order valence-electron chi connectivity index (χ2n) is 8.53. The van der Waals surface area contributed by atoms with Gasteiger partial charge in [0.1, 0.15) is 0 Å². The zero-order chi connectivity index (χ0) is 18.4. The summed E-state index contributed by atoms with van der Waals surface area (Å²) in [6, 6.07) is 2.61. The van der Waals surface area contributed by atoms with Crippen LogP contribution in [0.5, 0.6) is 0 Å². The van der Waals surface area contributed by atoms with Crippen LogP contribution in [-0.2, 0) is 0 Å². The summed E-state index contributed by atoms with van der Waals surface area (Å²) in [7, 11) is 1.98. The highest BCUT2D eigenvalue weighted by Crippen LogP contribution is 2.40. The largest absolute Gasteiger partial charge is 0.338 e. The first-order valence-corrected chi connectivity index (χ1v) is 10.1. The molecule has 0 bridgehead atoms. The van der Waals surface area contributed by atoms with Crippen LogP contribution in [0.2, 0.25) is 0 Å². The Morgan fingerprint density at radius 3 is 2.62 bits per heavy atom. The summed E-state index contributed by atoms with van der Waals surface area (Å²) >= 11 is 0. The van der Waals surface area contributed by atoms with E-state index in [0.29, 0.717) is 17.9 Å². The van der Waals surface area contributed by atoms with Crippen molar-refractivity contribution in [3.63, 3.8) is 0 Å². The van der Waals surface area contributed by atoms with Crippen LogP contribution in [0.25, 0.3) is 11.0 Å². The van der Waals surface area contributed by atoms with Crippen LogP contribution < -0.4 is 0 Å². The van der Waals surface area contributed by atoms with Crippen molar-refractivity contribution in [3.05, 3.63) is 23.5 Å². The van der Waals surface area contributed by atoms with Crippen LogP contribution in [0.1, 0.15) is 87.3 Å². The molecule has 2 aliphatic rings. The standard InChI is InChI=1S/C21H30N4O/c1-13(2)25-20-17(12-22-25)16(11-18(23-20)15-9-10-15)21(26)24(4)19-8-6-5-7-14(19)3/h11-15,19H,5-10H2,1-4H3. The van der Waals surface area contributed by atoms with E-state index < -0.39 is 0 Å². The van der Waals surface area contributed by atoms with Gasteiger partial charge in [0.05, 0.1) is 17.1 Å². The highest BCUT2D eigenvalue weighted by molar-refractivity contribution is 6.05. The number of carbonyl (C=O) groups excluding carboxylic acids is 1. The molecule has 0 N–H and O–H groups in total. The molecule has 5 heteroatoms. The van der Waals surface area contributed by atoms with Crippen LogP contribution in [0, 0.1) is 5.92 Å². The third-order valence-corrected chi connectivity index (χ3v) is 6.19. The Hall–Kier alpha value is -1.91. The average molecular weight is 354 g/mol. The second kappa shape index (κ2) is 6.67. The molecule has 2 saturated carbocycles. The molecule has 26 heavy (non-hydrogen) atoms. The van der Waals surface area contributed by atoms with Crippen molar-refractivity contribution >= 4 is 16.9 Å². The molecular weight excluding hydrogens is 324 g/mol. The number of carbonyl (C=O) groups is 1. The van der Waals surface area contributed by atoms with E-state index in [-0.39, 0.29) is 11.9 Å². The Kier molecular flexibility index (Phi) is 4.49. The van der Waals surface area contributed by atoms with Gasteiger partial charge in [-0.25, -0.2) is 9.67 Å². The molecule has 1 amide bonds. The van der Waals surface area contributed by atoms with Gasteiger partial charge in [-0.1, -0.05) is 19.8 Å². The Morgan fingerprint density at radius 1 is 1.23 bits per heavy atom. The highest BCUT2D eigenvalue weighted by Gasteiger charge is 2.32. The molecule has 2 aromatic rings. The zero-order valence-electron chi connectivity index (χ0n) is 16.4. The van der Waals surface area contributed by atoms with Gasteiger partial charge in [-0.3, -0.25) is 4.79 Å². The lowest BCUT2D eigenvalue weighted by atomic mass is 9.85. The molecule has 0 spiro atoms. The molecule has 0 radical (unpaired) electrons. The minimum Gasteiger partial charge on any atom is -0.338 e. The van der Waals surface area contributed by atoms with Gasteiger partial charge in [-0.15, -0.1) is 0 Å². The molecule has 2 heterocycles. The fraction of sp³-hybridized carbons (Fsp3) is 0.667. The number of hydrogen-bond donors (Lipinski definition) is 0. The van der Waals surface area contributed by atoms with Gasteiger partial charge in [0, 0.05) is 30.7 Å². The number of pyridine rings is 1. The smallest absolute Gasteiger partial charge is 0.254 e. The maximum absolute atomic E-state index is 13.4. The van der Waals surface area contributed by atoms with E-state index >= 15 is 0 Å². The van der Waals surface area contributed by atoms with E-state index in [0.717, 1.165) is 28.7 Å². The fourth-order valence-electron chi connectivity index (χ4n) is 4.39. The van der Waals surface area contributed by atoms with Crippen molar-refractivity contribution in [1.29, 1.82) is 0 Å². The van der Waals surface area contributed by atoms with Crippen LogP contribution in [0.3, 0.4) is 0 Å². The van der Waals surface area contributed by atoms with E-state index in [1.807, 2.05) is 28.9 Å². The van der Waals surface area contributed by atoms with Crippen molar-refractivity contribution in [3.8, 4) is 0 Å². The number of nitrogens with zero attached hydrogens (tertiary/aromatic N) is 4. The highest BCUT2D eigenvalue weighted by atomic mass is 16.2. The van der Waals surface area contributed by atoms with E-state index in [9.17, 15) is 4.79 Å². The molecule has 4 rings (SSSR count). The molecule has 2 aromatic heterocycles. The van der Waals surface area contributed by atoms with Crippen molar-refractivity contribution in [2.75, 3.05) is 7.05 Å². The Labute approximate surface area is 155 Å². The Morgan fingerprint density at radius 2 is 1.96 bits per heavy atom. The summed E-state index contributed by atoms with van der Waals surface area (Å²) in [5.74, 6) is 1.21. The SMILES string of the molecule is CC1CCCCC1N(C)C(=O)c1cc(C2CC2)nc2c1cnn2C(C)C. The topological polar surface area (TPSA) is 51.0 Å². The van der Waals surface area contributed by atoms with Gasteiger partial charge < -0.3 is 4.90 Å². The van der Waals surface area contributed by atoms with Gasteiger partial charge >= 0.3 is 0 Å². The summed E-state index contributed by atoms with van der Waals surface area (Å²) in [6.45, 7) is 6.49. The molecule has 2 aliphatic carbocycles. The second-order valence-corrected chi connectivity index (χ2v) is 8.53. The average Bonchev–Trinajstić information content (AvgIpc) is 3.39. The molecule has 5 nitrogen and oxygen atoms in total. The van der Waals surface area contributed by atoms with Gasteiger partial charge in [-0.2, -0.15) is 5.10 Å². The maximum Gasteiger partial charge on any atom is 0.254 e. The first-order valence-electron chi connectivity index (χ1n) is 10.1. The van der Waals surface area contributed by atoms with Crippen LogP contribution in [-0.4, -0.2) is 38.7 Å². The zero-order valence-corrected chi connectivity index (χ0v) is 16.4. The molecule has 0 aromatic carbocycles. The Balaban J connectivity index is 1.75. The molecule has 0 saturated heterocycles. The predicted octanol–water partition coefficient (Wildman–Crippen LogP) is 4.54. The van der Waals surface area contributed by atoms with Gasteiger partial charge in [0.15, 0.2) is 5.65 Å². The number of hydrogen-bond acceptors (Lipinski definition) is 3. The van der Waals surface area contributed by atoms with E-state index in [2.05, 4.69) is 25.9 Å². The predicted molar refractivity (Wildman–Crippen MR) is 103 cm³/mol. The van der Waals surface area contributed by atoms with Crippen molar-refractivity contribution in [2.45, 2.75) is 77.3 Å². The van der Waals surface area contributed by atoms with Gasteiger partial charge in [-0.05, 0) is 51.5 Å². The van der Waals surface area contributed by atoms with Gasteiger partial charge in [0.2, 0.25) is 0 Å². The summed E-state index contributed by atoms with van der Waals surface area (Å²) in [5, 5.41) is 5.42. The number of fused-ring (bicyclic) bond motifs is 1. The minimum absolute atomic E-state index is 0.126. The van der Waals surface area contributed by atoms with Crippen LogP contribution >= 0.6 is 0 Å². The molecule has 0 aliphatic heterocycles. The summed E-state index contributed by atoms with van der Waals surface area (Å²) < 4.78 is 1.95. The summed E-state index contributed by atoms with van der Waals surface area (Å²) in [4.78, 5) is 20.3. The number of amides is 1. The van der Waals surface area contributed by atoms with Crippen molar-refractivity contribution < 1.29 is 4.79 Å². The third kappa shape index (κ3) is 3.01. The number of aromatic nitrogens is 3. The quantitative estimate of drug-likeness (QED) is 0.810. The lowest BCUT2D eigenvalue weighted by Crippen LogP contribution is -2.42. The minimum atomic E-state index is 0.126. The van der Waals surface area contributed by atoms with Gasteiger partial charge in [0.25, 0.3) is 5.91 Å². The maximum atomic E-state index is 13.4. The summed E-state index contributed by atoms with van der Waals surface area (Å²) in [6.07, 6.45) is 9.01. The first kappa shape index (κ1) is 17.5. The number of rotatable bonds is 4. The Bertz CT molecular complexity index is 821. The van der Waals surface area contributed by atoms with E-state index in [1.165, 1.54) is 32.1 Å². The van der Waals surface area contributed by atoms with E-state index in [4.69, 9.17) is 4.98 Å². The molecular formula is C21H30N4O. The monoisotopic (exact) mass is 354 g/mol. The first-order chi connectivity index (χ1) is 12.5. The van der Waals surface area contributed by atoms with Crippen molar-refractivity contribution in [1.82, 2.24) is 19.7 Å². The van der Waals surface area contributed by atoms with Crippen molar-refractivity contribution in [2.24, 2.45) is 5.92 Å². The summed E-state index contributed by atoms with van der Waals surface area (Å²) in [5.41, 5.74) is 2.70.